The SMILES string of the molecule is CCCCCCC(C)(C)c1cc(OC(=O)C(C)(C)CCNC(=O)c2cc3cc4c5c(c3oc2=O)CCCN5CCC4)c2c(c1)OC(C)(C)[C@@H]1CCC(=O)C[C@@H]21. The van der Waals surface area contributed by atoms with Crippen LogP contribution >= 0.6 is 0 Å². The Bertz CT molecular complexity index is 2050. The summed E-state index contributed by atoms with van der Waals surface area (Å²) in [6.07, 6.45) is 11.5. The largest absolute Gasteiger partial charge is 0.487 e. The molecule has 1 saturated carbocycles. The normalized spacial score (nSPS) is 20.3. The van der Waals surface area contributed by atoms with Crippen molar-refractivity contribution < 1.29 is 28.3 Å². The predicted molar refractivity (Wildman–Crippen MR) is 216 cm³/mol. The zero-order valence-electron chi connectivity index (χ0n) is 34.1. The molecule has 0 saturated heterocycles. The van der Waals surface area contributed by atoms with Crippen LogP contribution in [0.5, 0.6) is 11.5 Å². The molecule has 2 atom stereocenters. The molecular formula is C46H60N2O7. The third kappa shape index (κ3) is 7.69. The summed E-state index contributed by atoms with van der Waals surface area (Å²) < 4.78 is 19.0. The Hall–Kier alpha value is -4.14. The Balaban J connectivity index is 1.10. The van der Waals surface area contributed by atoms with Gasteiger partial charge < -0.3 is 24.1 Å². The van der Waals surface area contributed by atoms with Gasteiger partial charge in [0.25, 0.3) is 5.91 Å². The van der Waals surface area contributed by atoms with E-state index in [2.05, 4.69) is 57.0 Å². The smallest absolute Gasteiger partial charge is 0.349 e. The number of unbranched alkanes of at least 4 members (excludes halogenated alkanes) is 3. The number of rotatable bonds is 12. The van der Waals surface area contributed by atoms with E-state index >= 15 is 0 Å². The van der Waals surface area contributed by atoms with E-state index in [9.17, 15) is 19.2 Å². The van der Waals surface area contributed by atoms with Gasteiger partial charge in [0.2, 0.25) is 0 Å². The molecule has 1 amide bonds. The van der Waals surface area contributed by atoms with Gasteiger partial charge in [-0.3, -0.25) is 14.4 Å². The summed E-state index contributed by atoms with van der Waals surface area (Å²) in [5, 5.41) is 3.65. The average Bonchev–Trinajstić information content (AvgIpc) is 3.13. The minimum atomic E-state index is -0.982. The van der Waals surface area contributed by atoms with Gasteiger partial charge in [-0.05, 0) is 113 Å². The minimum Gasteiger partial charge on any atom is -0.487 e. The number of carbonyl (C=O) groups excluding carboxylic acids is 3. The van der Waals surface area contributed by atoms with Crippen LogP contribution in [0, 0.1) is 11.3 Å². The highest BCUT2D eigenvalue weighted by molar-refractivity contribution is 5.98. The van der Waals surface area contributed by atoms with Crippen molar-refractivity contribution in [2.45, 2.75) is 149 Å². The van der Waals surface area contributed by atoms with Gasteiger partial charge in [-0.25, -0.2) is 4.79 Å². The molecule has 55 heavy (non-hydrogen) atoms. The molecule has 0 bridgehead atoms. The molecule has 3 aliphatic heterocycles. The maximum Gasteiger partial charge on any atom is 0.349 e. The maximum atomic E-state index is 14.1. The fraction of sp³-hybridized carbons (Fsp3) is 0.609. The number of ketones is 1. The van der Waals surface area contributed by atoms with Gasteiger partial charge in [-0.2, -0.15) is 0 Å². The molecule has 3 aromatic rings. The minimum absolute atomic E-state index is 0.0382. The first kappa shape index (κ1) is 39.1. The van der Waals surface area contributed by atoms with Crippen LogP contribution in [-0.4, -0.2) is 42.9 Å². The summed E-state index contributed by atoms with van der Waals surface area (Å²) in [7, 11) is 0. The van der Waals surface area contributed by atoms with Crippen LogP contribution in [0.1, 0.15) is 158 Å². The van der Waals surface area contributed by atoms with Crippen molar-refractivity contribution in [2.75, 3.05) is 24.5 Å². The lowest BCUT2D eigenvalue weighted by Crippen LogP contribution is -2.47. The third-order valence-electron chi connectivity index (χ3n) is 13.1. The molecule has 9 heteroatoms. The first-order valence-corrected chi connectivity index (χ1v) is 20.9. The van der Waals surface area contributed by atoms with Crippen LogP contribution in [0.15, 0.2) is 33.5 Å². The molecule has 2 aromatic carbocycles. The monoisotopic (exact) mass is 752 g/mol. The lowest BCUT2D eigenvalue weighted by Gasteiger charge is -2.47. The zero-order valence-corrected chi connectivity index (χ0v) is 34.1. The summed E-state index contributed by atoms with van der Waals surface area (Å²) >= 11 is 0. The number of hydrogen-bond donors (Lipinski definition) is 1. The summed E-state index contributed by atoms with van der Waals surface area (Å²) in [5.41, 5.74) is 3.63. The van der Waals surface area contributed by atoms with E-state index in [1.807, 2.05) is 19.9 Å². The lowest BCUT2D eigenvalue weighted by atomic mass is 9.66. The van der Waals surface area contributed by atoms with Crippen LogP contribution in [-0.2, 0) is 27.8 Å². The lowest BCUT2D eigenvalue weighted by molar-refractivity contribution is -0.144. The van der Waals surface area contributed by atoms with Gasteiger partial charge >= 0.3 is 11.6 Å². The van der Waals surface area contributed by atoms with Crippen molar-refractivity contribution in [1.29, 1.82) is 0 Å². The zero-order chi connectivity index (χ0) is 39.3. The third-order valence-corrected chi connectivity index (χ3v) is 13.1. The molecule has 4 aliphatic rings. The molecule has 1 N–H and O–H groups in total. The number of nitrogens with one attached hydrogen (secondary N) is 1. The summed E-state index contributed by atoms with van der Waals surface area (Å²) in [5.74, 6) is 0.441. The standard InChI is InChI=1S/C46H60N2O7/c1-8-9-10-11-18-44(2,3)30-25-36(38-33-27-31(49)16-17-35(33)46(6,7)55-37(38)26-30)53-43(52)45(4,5)19-20-47-41(50)34-24-29-23-28-14-12-21-48-22-13-15-32(39(28)48)40(29)54-42(34)51/h23-26,33,35H,8-22,27H2,1-7H3,(H,47,50)/t33-,35-/m1/s1. The Morgan fingerprint density at radius 3 is 2.49 bits per heavy atom. The molecular weight excluding hydrogens is 693 g/mol. The van der Waals surface area contributed by atoms with Crippen LogP contribution in [0.2, 0.25) is 0 Å². The van der Waals surface area contributed by atoms with Crippen molar-refractivity contribution in [1.82, 2.24) is 5.32 Å². The van der Waals surface area contributed by atoms with Crippen molar-refractivity contribution >= 4 is 34.3 Å². The molecule has 0 radical (unpaired) electrons. The fourth-order valence-electron chi connectivity index (χ4n) is 9.69. The number of hydrogen-bond acceptors (Lipinski definition) is 8. The Morgan fingerprint density at radius 1 is 0.964 bits per heavy atom. The Kier molecular flexibility index (Phi) is 10.7. The van der Waals surface area contributed by atoms with Crippen LogP contribution in [0.4, 0.5) is 5.69 Å². The molecule has 1 fully saturated rings. The summed E-state index contributed by atoms with van der Waals surface area (Å²) in [6, 6.07) is 7.86. The fourth-order valence-corrected chi connectivity index (χ4v) is 9.69. The average molecular weight is 753 g/mol. The molecule has 1 aliphatic carbocycles. The molecule has 0 unspecified atom stereocenters. The quantitative estimate of drug-likeness (QED) is 0.0844. The highest BCUT2D eigenvalue weighted by Crippen LogP contribution is 2.55. The van der Waals surface area contributed by atoms with Gasteiger partial charge in [0.05, 0.1) is 5.41 Å². The highest BCUT2D eigenvalue weighted by Gasteiger charge is 2.48. The summed E-state index contributed by atoms with van der Waals surface area (Å²) in [4.78, 5) is 56.0. The van der Waals surface area contributed by atoms with Crippen LogP contribution < -0.4 is 25.3 Å². The highest BCUT2D eigenvalue weighted by atomic mass is 16.5. The molecule has 1 aromatic heterocycles. The number of esters is 1. The van der Waals surface area contributed by atoms with Gasteiger partial charge in [-0.1, -0.05) is 46.5 Å². The Labute approximate surface area is 325 Å². The maximum absolute atomic E-state index is 14.1. The number of carbonyl (C=O) groups is 3. The van der Waals surface area contributed by atoms with E-state index in [1.165, 1.54) is 30.5 Å². The molecule has 7 rings (SSSR count). The van der Waals surface area contributed by atoms with Crippen LogP contribution in [0.25, 0.3) is 11.0 Å². The van der Waals surface area contributed by atoms with E-state index in [-0.39, 0.29) is 41.6 Å². The number of anilines is 1. The van der Waals surface area contributed by atoms with Crippen molar-refractivity contribution in [3.05, 3.63) is 62.5 Å². The van der Waals surface area contributed by atoms with Crippen LogP contribution in [0.3, 0.4) is 0 Å². The first-order valence-electron chi connectivity index (χ1n) is 20.9. The second kappa shape index (κ2) is 15.1. The number of nitrogens with zero attached hydrogens (tertiary/aromatic N) is 1. The molecule has 9 nitrogen and oxygen atoms in total. The van der Waals surface area contributed by atoms with Gasteiger partial charge in [0, 0.05) is 66.5 Å². The Morgan fingerprint density at radius 2 is 1.73 bits per heavy atom. The van der Waals surface area contributed by atoms with E-state index in [1.54, 1.807) is 6.07 Å². The second-order valence-electron chi connectivity index (χ2n) is 18.5. The number of aryl methyl sites for hydroxylation is 2. The number of benzene rings is 2. The molecule has 4 heterocycles. The number of fused-ring (bicyclic) bond motifs is 5. The number of ether oxygens (including phenoxy) is 2. The first-order chi connectivity index (χ1) is 26.1. The van der Waals surface area contributed by atoms with E-state index in [0.29, 0.717) is 29.9 Å². The van der Waals surface area contributed by atoms with Gasteiger partial charge in [-0.15, -0.1) is 0 Å². The van der Waals surface area contributed by atoms with Crippen molar-refractivity contribution in [2.24, 2.45) is 11.3 Å². The van der Waals surface area contributed by atoms with E-state index in [0.717, 1.165) is 80.1 Å². The topological polar surface area (TPSA) is 115 Å². The molecule has 296 valence electrons. The van der Waals surface area contributed by atoms with Crippen molar-refractivity contribution in [3.63, 3.8) is 0 Å². The van der Waals surface area contributed by atoms with Crippen molar-refractivity contribution in [3.8, 4) is 11.5 Å². The van der Waals surface area contributed by atoms with Gasteiger partial charge in [0.15, 0.2) is 0 Å². The van der Waals surface area contributed by atoms with Gasteiger partial charge in [0.1, 0.15) is 34.0 Å². The van der Waals surface area contributed by atoms with E-state index in [4.69, 9.17) is 13.9 Å². The number of Topliss-reactive ketones (excluding diaryl/α,β-unsaturated/α-hetero) is 1. The molecule has 0 spiro atoms. The number of amides is 1. The van der Waals surface area contributed by atoms with E-state index < -0.39 is 28.5 Å². The summed E-state index contributed by atoms with van der Waals surface area (Å²) in [6.45, 7) is 16.7. The second-order valence-corrected chi connectivity index (χ2v) is 18.5. The predicted octanol–water partition coefficient (Wildman–Crippen LogP) is 9.12.